The SMILES string of the molecule is Nc1cc(F)cc(Br)c1OCC1CC1. The number of rotatable bonds is 3. The van der Waals surface area contributed by atoms with Crippen LogP contribution >= 0.6 is 15.9 Å². The highest BCUT2D eigenvalue weighted by Crippen LogP contribution is 2.35. The van der Waals surface area contributed by atoms with E-state index < -0.39 is 0 Å². The molecule has 1 aliphatic rings. The minimum atomic E-state index is -0.354. The lowest BCUT2D eigenvalue weighted by molar-refractivity contribution is 0.299. The number of benzene rings is 1. The van der Waals surface area contributed by atoms with E-state index in [1.165, 1.54) is 25.0 Å². The van der Waals surface area contributed by atoms with Crippen LogP contribution in [-0.4, -0.2) is 6.61 Å². The fraction of sp³-hybridized carbons (Fsp3) is 0.400. The molecule has 0 saturated heterocycles. The topological polar surface area (TPSA) is 35.2 Å². The fourth-order valence-electron chi connectivity index (χ4n) is 1.22. The Morgan fingerprint density at radius 3 is 2.79 bits per heavy atom. The van der Waals surface area contributed by atoms with Gasteiger partial charge in [0.05, 0.1) is 16.8 Å². The van der Waals surface area contributed by atoms with E-state index in [4.69, 9.17) is 10.5 Å². The summed E-state index contributed by atoms with van der Waals surface area (Å²) in [5.41, 5.74) is 5.98. The van der Waals surface area contributed by atoms with Gasteiger partial charge in [-0.15, -0.1) is 0 Å². The van der Waals surface area contributed by atoms with Crippen LogP contribution in [0.25, 0.3) is 0 Å². The Balaban J connectivity index is 2.13. The fourth-order valence-corrected chi connectivity index (χ4v) is 1.78. The molecule has 4 heteroatoms. The minimum absolute atomic E-state index is 0.345. The predicted octanol–water partition coefficient (Wildman–Crippen LogP) is 2.96. The van der Waals surface area contributed by atoms with E-state index in [9.17, 15) is 4.39 Å². The molecule has 1 aromatic carbocycles. The van der Waals surface area contributed by atoms with Crippen molar-refractivity contribution in [1.82, 2.24) is 0 Å². The molecule has 14 heavy (non-hydrogen) atoms. The van der Waals surface area contributed by atoms with Gasteiger partial charge in [-0.2, -0.15) is 0 Å². The van der Waals surface area contributed by atoms with Gasteiger partial charge in [0.25, 0.3) is 0 Å². The molecule has 0 heterocycles. The highest BCUT2D eigenvalue weighted by molar-refractivity contribution is 9.10. The van der Waals surface area contributed by atoms with Crippen LogP contribution in [0.3, 0.4) is 0 Å². The third-order valence-electron chi connectivity index (χ3n) is 2.20. The van der Waals surface area contributed by atoms with Crippen molar-refractivity contribution in [3.05, 3.63) is 22.4 Å². The van der Waals surface area contributed by atoms with Gasteiger partial charge >= 0.3 is 0 Å². The zero-order valence-electron chi connectivity index (χ0n) is 7.59. The van der Waals surface area contributed by atoms with Crippen molar-refractivity contribution in [1.29, 1.82) is 0 Å². The first kappa shape index (κ1) is 9.77. The molecule has 0 bridgehead atoms. The van der Waals surface area contributed by atoms with Crippen molar-refractivity contribution >= 4 is 21.6 Å². The van der Waals surface area contributed by atoms with Gasteiger partial charge in [-0.25, -0.2) is 4.39 Å². The highest BCUT2D eigenvalue weighted by Gasteiger charge is 2.22. The molecule has 1 aliphatic carbocycles. The van der Waals surface area contributed by atoms with Crippen LogP contribution in [0.1, 0.15) is 12.8 Å². The Hall–Kier alpha value is -0.770. The van der Waals surface area contributed by atoms with Crippen LogP contribution in [0.5, 0.6) is 5.75 Å². The van der Waals surface area contributed by atoms with Crippen LogP contribution in [0.4, 0.5) is 10.1 Å². The quantitative estimate of drug-likeness (QED) is 0.848. The second kappa shape index (κ2) is 3.77. The van der Waals surface area contributed by atoms with Crippen LogP contribution < -0.4 is 10.5 Å². The molecule has 2 N–H and O–H groups in total. The minimum Gasteiger partial charge on any atom is -0.490 e. The van der Waals surface area contributed by atoms with E-state index in [1.807, 2.05) is 0 Å². The lowest BCUT2D eigenvalue weighted by atomic mass is 10.3. The first-order valence-electron chi connectivity index (χ1n) is 4.54. The molecule has 1 aromatic rings. The van der Waals surface area contributed by atoms with Crippen LogP contribution in [-0.2, 0) is 0 Å². The van der Waals surface area contributed by atoms with Gasteiger partial charge in [0, 0.05) is 6.07 Å². The van der Waals surface area contributed by atoms with E-state index in [1.54, 1.807) is 0 Å². The van der Waals surface area contributed by atoms with Crippen LogP contribution in [0, 0.1) is 11.7 Å². The van der Waals surface area contributed by atoms with Gasteiger partial charge in [0.1, 0.15) is 5.82 Å². The normalized spacial score (nSPS) is 15.6. The smallest absolute Gasteiger partial charge is 0.156 e. The standard InChI is InChI=1S/C10H11BrFNO/c11-8-3-7(12)4-9(13)10(8)14-5-6-1-2-6/h3-4,6H,1-2,5,13H2. The largest absolute Gasteiger partial charge is 0.490 e. The Labute approximate surface area is 90.4 Å². The van der Waals surface area contributed by atoms with Gasteiger partial charge in [-0.05, 0) is 40.8 Å². The molecule has 0 unspecified atom stereocenters. The summed E-state index contributed by atoms with van der Waals surface area (Å²) in [5.74, 6) is 0.859. The van der Waals surface area contributed by atoms with Gasteiger partial charge < -0.3 is 10.5 Å². The summed E-state index contributed by atoms with van der Waals surface area (Å²) in [6.07, 6.45) is 2.44. The highest BCUT2D eigenvalue weighted by atomic mass is 79.9. The molecule has 1 fully saturated rings. The van der Waals surface area contributed by atoms with Crippen LogP contribution in [0.2, 0.25) is 0 Å². The zero-order valence-corrected chi connectivity index (χ0v) is 9.18. The summed E-state index contributed by atoms with van der Waals surface area (Å²) >= 11 is 3.22. The van der Waals surface area contributed by atoms with E-state index in [0.717, 1.165) is 0 Å². The predicted molar refractivity (Wildman–Crippen MR) is 56.7 cm³/mol. The second-order valence-corrected chi connectivity index (χ2v) is 4.41. The Morgan fingerprint density at radius 1 is 1.50 bits per heavy atom. The van der Waals surface area contributed by atoms with Crippen molar-refractivity contribution in [3.8, 4) is 5.75 Å². The maximum absolute atomic E-state index is 12.9. The first-order chi connectivity index (χ1) is 6.66. The number of anilines is 1. The molecule has 0 aromatic heterocycles. The molecule has 1 saturated carbocycles. The summed E-state index contributed by atoms with van der Waals surface area (Å²) in [4.78, 5) is 0. The van der Waals surface area contributed by atoms with Crippen molar-refractivity contribution in [2.24, 2.45) is 5.92 Å². The summed E-state index contributed by atoms with van der Waals surface area (Å²) in [6, 6.07) is 2.63. The van der Waals surface area contributed by atoms with Gasteiger partial charge in [0.15, 0.2) is 5.75 Å². The van der Waals surface area contributed by atoms with E-state index in [-0.39, 0.29) is 5.82 Å². The van der Waals surface area contributed by atoms with Crippen molar-refractivity contribution < 1.29 is 9.13 Å². The Kier molecular flexibility index (Phi) is 2.63. The third-order valence-corrected chi connectivity index (χ3v) is 2.79. The molecular weight excluding hydrogens is 249 g/mol. The maximum atomic E-state index is 12.9. The summed E-state index contributed by atoms with van der Waals surface area (Å²) in [7, 11) is 0. The Bertz CT molecular complexity index is 329. The lowest BCUT2D eigenvalue weighted by Crippen LogP contribution is -2.02. The number of nitrogens with two attached hydrogens (primary N) is 1. The van der Waals surface area contributed by atoms with Crippen molar-refractivity contribution in [2.75, 3.05) is 12.3 Å². The number of ether oxygens (including phenoxy) is 1. The van der Waals surface area contributed by atoms with E-state index >= 15 is 0 Å². The maximum Gasteiger partial charge on any atom is 0.156 e. The monoisotopic (exact) mass is 259 g/mol. The number of hydrogen-bond acceptors (Lipinski definition) is 2. The van der Waals surface area contributed by atoms with Crippen molar-refractivity contribution in [2.45, 2.75) is 12.8 Å². The molecular formula is C10H11BrFNO. The number of nitrogen functional groups attached to an aromatic ring is 1. The summed E-state index contributed by atoms with van der Waals surface area (Å²) < 4.78 is 18.9. The molecule has 0 amide bonds. The number of halogens is 2. The van der Waals surface area contributed by atoms with Crippen molar-refractivity contribution in [3.63, 3.8) is 0 Å². The molecule has 76 valence electrons. The molecule has 2 rings (SSSR count). The number of hydrogen-bond donors (Lipinski definition) is 1. The van der Waals surface area contributed by atoms with Gasteiger partial charge in [0.2, 0.25) is 0 Å². The van der Waals surface area contributed by atoms with Gasteiger partial charge in [-0.3, -0.25) is 0 Å². The average Bonchev–Trinajstić information content (AvgIpc) is 2.85. The average molecular weight is 260 g/mol. The van der Waals surface area contributed by atoms with Gasteiger partial charge in [-0.1, -0.05) is 0 Å². The zero-order chi connectivity index (χ0) is 10.1. The lowest BCUT2D eigenvalue weighted by Gasteiger charge is -2.10. The Morgan fingerprint density at radius 2 is 2.21 bits per heavy atom. The second-order valence-electron chi connectivity index (χ2n) is 3.56. The summed E-state index contributed by atoms with van der Waals surface area (Å²) in [6.45, 7) is 0.675. The first-order valence-corrected chi connectivity index (χ1v) is 5.33. The molecule has 0 atom stereocenters. The molecule has 0 aliphatic heterocycles. The molecule has 2 nitrogen and oxygen atoms in total. The third kappa shape index (κ3) is 2.18. The summed E-state index contributed by atoms with van der Waals surface area (Å²) in [5, 5.41) is 0. The van der Waals surface area contributed by atoms with E-state index in [0.29, 0.717) is 28.4 Å². The molecule has 0 spiro atoms. The molecule has 0 radical (unpaired) electrons. The van der Waals surface area contributed by atoms with Crippen LogP contribution in [0.15, 0.2) is 16.6 Å². The van der Waals surface area contributed by atoms with E-state index in [2.05, 4.69) is 15.9 Å².